The van der Waals surface area contributed by atoms with Crippen molar-refractivity contribution in [3.05, 3.63) is 0 Å². The number of hydrogen-bond acceptors (Lipinski definition) is 1. The van der Waals surface area contributed by atoms with Crippen LogP contribution in [0.15, 0.2) is 0 Å². The molecule has 1 heterocycles. The lowest BCUT2D eigenvalue weighted by Crippen LogP contribution is -2.30. The van der Waals surface area contributed by atoms with E-state index in [0.717, 1.165) is 12.0 Å². The Bertz CT molecular complexity index is 116. The van der Waals surface area contributed by atoms with E-state index in [1.807, 2.05) is 0 Å². The Hall–Kier alpha value is -0.0400. The summed E-state index contributed by atoms with van der Waals surface area (Å²) in [4.78, 5) is 0. The maximum absolute atomic E-state index is 3.65. The molecule has 1 aliphatic rings. The van der Waals surface area contributed by atoms with Gasteiger partial charge in [-0.1, -0.05) is 33.1 Å². The van der Waals surface area contributed by atoms with Crippen LogP contribution in [-0.4, -0.2) is 12.6 Å². The molecule has 0 aromatic heterocycles. The zero-order chi connectivity index (χ0) is 9.52. The SMILES string of the molecule is CCCCC(CCC)C1CCCN1. The maximum Gasteiger partial charge on any atom is 0.00957 e. The number of nitrogens with one attached hydrogen (secondary N) is 1. The molecule has 0 amide bonds. The Labute approximate surface area is 83.3 Å². The third-order valence-electron chi connectivity index (χ3n) is 3.26. The molecule has 1 saturated heterocycles. The average molecular weight is 183 g/mol. The van der Waals surface area contributed by atoms with Gasteiger partial charge < -0.3 is 5.32 Å². The molecule has 0 spiro atoms. The molecule has 0 aromatic rings. The third-order valence-corrected chi connectivity index (χ3v) is 3.26. The molecule has 13 heavy (non-hydrogen) atoms. The molecule has 0 radical (unpaired) electrons. The summed E-state index contributed by atoms with van der Waals surface area (Å²) in [7, 11) is 0. The van der Waals surface area contributed by atoms with Crippen molar-refractivity contribution in [3.8, 4) is 0 Å². The molecular weight excluding hydrogens is 158 g/mol. The molecule has 1 N–H and O–H groups in total. The number of hydrogen-bond donors (Lipinski definition) is 1. The molecule has 2 unspecified atom stereocenters. The first kappa shape index (κ1) is 11.0. The van der Waals surface area contributed by atoms with Gasteiger partial charge in [0.1, 0.15) is 0 Å². The van der Waals surface area contributed by atoms with Gasteiger partial charge in [0, 0.05) is 6.04 Å². The molecule has 0 bridgehead atoms. The Morgan fingerprint density at radius 2 is 2.08 bits per heavy atom. The summed E-state index contributed by atoms with van der Waals surface area (Å²) in [6.07, 6.45) is 9.83. The molecule has 78 valence electrons. The van der Waals surface area contributed by atoms with Crippen LogP contribution in [0, 0.1) is 5.92 Å². The summed E-state index contributed by atoms with van der Waals surface area (Å²) in [5, 5.41) is 3.65. The fourth-order valence-electron chi connectivity index (χ4n) is 2.50. The molecule has 1 nitrogen and oxygen atoms in total. The zero-order valence-electron chi connectivity index (χ0n) is 9.31. The minimum atomic E-state index is 0.853. The van der Waals surface area contributed by atoms with E-state index in [1.54, 1.807) is 0 Å². The van der Waals surface area contributed by atoms with Crippen LogP contribution in [-0.2, 0) is 0 Å². The molecule has 0 aliphatic carbocycles. The van der Waals surface area contributed by atoms with Gasteiger partial charge in [-0.15, -0.1) is 0 Å². The van der Waals surface area contributed by atoms with E-state index >= 15 is 0 Å². The fraction of sp³-hybridized carbons (Fsp3) is 1.00. The van der Waals surface area contributed by atoms with E-state index in [-0.39, 0.29) is 0 Å². The summed E-state index contributed by atoms with van der Waals surface area (Å²) >= 11 is 0. The maximum atomic E-state index is 3.65. The second-order valence-electron chi connectivity index (χ2n) is 4.39. The quantitative estimate of drug-likeness (QED) is 0.666. The Morgan fingerprint density at radius 1 is 1.23 bits per heavy atom. The van der Waals surface area contributed by atoms with Crippen LogP contribution in [0.4, 0.5) is 0 Å². The smallest absolute Gasteiger partial charge is 0.00957 e. The van der Waals surface area contributed by atoms with Crippen LogP contribution < -0.4 is 5.32 Å². The van der Waals surface area contributed by atoms with E-state index in [9.17, 15) is 0 Å². The monoisotopic (exact) mass is 183 g/mol. The van der Waals surface area contributed by atoms with Crippen LogP contribution in [0.2, 0.25) is 0 Å². The van der Waals surface area contributed by atoms with Crippen molar-refractivity contribution >= 4 is 0 Å². The summed E-state index contributed by atoms with van der Waals surface area (Å²) < 4.78 is 0. The highest BCUT2D eigenvalue weighted by Crippen LogP contribution is 2.24. The van der Waals surface area contributed by atoms with E-state index in [1.165, 1.54) is 51.5 Å². The lowest BCUT2D eigenvalue weighted by atomic mass is 9.89. The predicted octanol–water partition coefficient (Wildman–Crippen LogP) is 3.34. The molecule has 0 saturated carbocycles. The number of unbranched alkanes of at least 4 members (excludes halogenated alkanes) is 1. The second kappa shape index (κ2) is 6.42. The fourth-order valence-corrected chi connectivity index (χ4v) is 2.50. The average Bonchev–Trinajstić information content (AvgIpc) is 2.65. The summed E-state index contributed by atoms with van der Waals surface area (Å²) in [5.74, 6) is 0.965. The third kappa shape index (κ3) is 3.68. The Balaban J connectivity index is 2.26. The van der Waals surface area contributed by atoms with Gasteiger partial charge in [-0.05, 0) is 38.1 Å². The van der Waals surface area contributed by atoms with Crippen LogP contribution in [0.5, 0.6) is 0 Å². The van der Waals surface area contributed by atoms with Crippen molar-refractivity contribution in [1.29, 1.82) is 0 Å². The van der Waals surface area contributed by atoms with Gasteiger partial charge in [-0.2, -0.15) is 0 Å². The highest BCUT2D eigenvalue weighted by Gasteiger charge is 2.22. The van der Waals surface area contributed by atoms with E-state index in [0.29, 0.717) is 0 Å². The van der Waals surface area contributed by atoms with Crippen molar-refractivity contribution in [1.82, 2.24) is 5.32 Å². The minimum Gasteiger partial charge on any atom is -0.314 e. The molecule has 1 aliphatic heterocycles. The standard InChI is InChI=1S/C12H25N/c1-3-5-8-11(7-4-2)12-9-6-10-13-12/h11-13H,3-10H2,1-2H3. The first-order valence-electron chi connectivity index (χ1n) is 6.11. The summed E-state index contributed by atoms with van der Waals surface area (Å²) in [5.41, 5.74) is 0. The summed E-state index contributed by atoms with van der Waals surface area (Å²) in [6, 6.07) is 0.853. The van der Waals surface area contributed by atoms with Crippen LogP contribution in [0.3, 0.4) is 0 Å². The second-order valence-corrected chi connectivity index (χ2v) is 4.39. The van der Waals surface area contributed by atoms with Crippen LogP contribution in [0.1, 0.15) is 58.8 Å². The minimum absolute atomic E-state index is 0.853. The molecule has 1 rings (SSSR count). The van der Waals surface area contributed by atoms with E-state index in [2.05, 4.69) is 19.2 Å². The van der Waals surface area contributed by atoms with Crippen molar-refractivity contribution in [2.45, 2.75) is 64.8 Å². The first-order valence-corrected chi connectivity index (χ1v) is 6.11. The largest absolute Gasteiger partial charge is 0.314 e. The van der Waals surface area contributed by atoms with Crippen molar-refractivity contribution in [2.75, 3.05) is 6.54 Å². The van der Waals surface area contributed by atoms with Crippen molar-refractivity contribution < 1.29 is 0 Å². The summed E-state index contributed by atoms with van der Waals surface area (Å²) in [6.45, 7) is 5.87. The van der Waals surface area contributed by atoms with Gasteiger partial charge in [0.15, 0.2) is 0 Å². The highest BCUT2D eigenvalue weighted by molar-refractivity contribution is 4.81. The molecule has 1 fully saturated rings. The lowest BCUT2D eigenvalue weighted by Gasteiger charge is -2.23. The van der Waals surface area contributed by atoms with E-state index < -0.39 is 0 Å². The van der Waals surface area contributed by atoms with Gasteiger partial charge in [-0.3, -0.25) is 0 Å². The van der Waals surface area contributed by atoms with Gasteiger partial charge in [0.05, 0.1) is 0 Å². The highest BCUT2D eigenvalue weighted by atomic mass is 14.9. The Morgan fingerprint density at radius 3 is 2.62 bits per heavy atom. The molecular formula is C12H25N. The Kier molecular flexibility index (Phi) is 5.45. The molecule has 2 atom stereocenters. The lowest BCUT2D eigenvalue weighted by molar-refractivity contribution is 0.332. The van der Waals surface area contributed by atoms with Crippen LogP contribution >= 0.6 is 0 Å². The first-order chi connectivity index (χ1) is 6.38. The van der Waals surface area contributed by atoms with Crippen molar-refractivity contribution in [3.63, 3.8) is 0 Å². The predicted molar refractivity (Wildman–Crippen MR) is 58.9 cm³/mol. The van der Waals surface area contributed by atoms with Gasteiger partial charge in [0.25, 0.3) is 0 Å². The molecule has 0 aromatic carbocycles. The topological polar surface area (TPSA) is 12.0 Å². The van der Waals surface area contributed by atoms with Gasteiger partial charge in [-0.25, -0.2) is 0 Å². The zero-order valence-corrected chi connectivity index (χ0v) is 9.31. The van der Waals surface area contributed by atoms with Crippen molar-refractivity contribution in [2.24, 2.45) is 5.92 Å². The normalized spacial score (nSPS) is 24.9. The number of rotatable bonds is 6. The van der Waals surface area contributed by atoms with Crippen LogP contribution in [0.25, 0.3) is 0 Å². The van der Waals surface area contributed by atoms with Gasteiger partial charge in [0.2, 0.25) is 0 Å². The molecule has 1 heteroatoms. The van der Waals surface area contributed by atoms with Gasteiger partial charge >= 0.3 is 0 Å². The van der Waals surface area contributed by atoms with E-state index in [4.69, 9.17) is 0 Å².